The first-order chi connectivity index (χ1) is 8.69. The highest BCUT2D eigenvalue weighted by atomic mass is 32.1. The Bertz CT molecular complexity index is 422. The summed E-state index contributed by atoms with van der Waals surface area (Å²) in [6.45, 7) is 4.87. The van der Waals surface area contributed by atoms with Crippen LogP contribution in [0.1, 0.15) is 60.2 Å². The van der Waals surface area contributed by atoms with Gasteiger partial charge in [-0.25, -0.2) is 0 Å². The second kappa shape index (κ2) is 5.65. The number of carbonyl (C=O) groups is 2. The minimum atomic E-state index is -0.105. The van der Waals surface area contributed by atoms with E-state index in [9.17, 15) is 9.59 Å². The third-order valence-electron chi connectivity index (χ3n) is 3.60. The van der Waals surface area contributed by atoms with E-state index in [2.05, 4.69) is 13.8 Å². The molecule has 0 saturated carbocycles. The molecule has 0 aliphatic carbocycles. The fraction of sp³-hybridized carbons (Fsp3) is 0.571. The maximum Gasteiger partial charge on any atom is 0.262 e. The first kappa shape index (κ1) is 13.3. The molecule has 1 aliphatic rings. The van der Waals surface area contributed by atoms with Gasteiger partial charge in [-0.05, 0) is 12.3 Å². The van der Waals surface area contributed by atoms with Crippen molar-refractivity contribution in [2.75, 3.05) is 6.54 Å². The van der Waals surface area contributed by atoms with E-state index in [0.717, 1.165) is 25.7 Å². The van der Waals surface area contributed by atoms with Gasteiger partial charge in [0.1, 0.15) is 0 Å². The van der Waals surface area contributed by atoms with Crippen molar-refractivity contribution in [1.29, 1.82) is 0 Å². The summed E-state index contributed by atoms with van der Waals surface area (Å²) >= 11 is 1.42. The highest BCUT2D eigenvalue weighted by Crippen LogP contribution is 2.28. The largest absolute Gasteiger partial charge is 0.274 e. The van der Waals surface area contributed by atoms with Crippen LogP contribution in [-0.2, 0) is 0 Å². The molecule has 0 saturated heterocycles. The Labute approximate surface area is 112 Å². The number of hydrogen-bond donors (Lipinski definition) is 0. The van der Waals surface area contributed by atoms with Crippen LogP contribution in [-0.4, -0.2) is 23.3 Å². The molecule has 98 valence electrons. The van der Waals surface area contributed by atoms with Crippen LogP contribution >= 0.6 is 11.3 Å². The first-order valence-corrected chi connectivity index (χ1v) is 7.55. The summed E-state index contributed by atoms with van der Waals surface area (Å²) in [5, 5.41) is 3.56. The Morgan fingerprint density at radius 2 is 1.78 bits per heavy atom. The fourth-order valence-electron chi connectivity index (χ4n) is 2.35. The van der Waals surface area contributed by atoms with Gasteiger partial charge < -0.3 is 0 Å². The van der Waals surface area contributed by atoms with Gasteiger partial charge in [0, 0.05) is 17.3 Å². The van der Waals surface area contributed by atoms with E-state index in [1.165, 1.54) is 16.2 Å². The van der Waals surface area contributed by atoms with E-state index in [1.54, 1.807) is 10.8 Å². The van der Waals surface area contributed by atoms with Crippen molar-refractivity contribution >= 4 is 23.2 Å². The Morgan fingerprint density at radius 3 is 2.28 bits per heavy atom. The molecule has 1 aromatic heterocycles. The molecule has 0 radical (unpaired) electrons. The summed E-state index contributed by atoms with van der Waals surface area (Å²) in [4.78, 5) is 25.6. The predicted molar refractivity (Wildman–Crippen MR) is 73.0 cm³/mol. The van der Waals surface area contributed by atoms with Crippen LogP contribution in [0.3, 0.4) is 0 Å². The topological polar surface area (TPSA) is 37.4 Å². The molecular weight excluding hydrogens is 246 g/mol. The van der Waals surface area contributed by atoms with E-state index in [0.29, 0.717) is 23.6 Å². The molecule has 1 aromatic rings. The Hall–Kier alpha value is -1.16. The summed E-state index contributed by atoms with van der Waals surface area (Å²) in [5.74, 6) is 0.225. The number of amides is 2. The van der Waals surface area contributed by atoms with Crippen LogP contribution in [0.2, 0.25) is 0 Å². The lowest BCUT2D eigenvalue weighted by Gasteiger charge is -2.21. The van der Waals surface area contributed by atoms with Crippen LogP contribution in [0.25, 0.3) is 0 Å². The van der Waals surface area contributed by atoms with E-state index < -0.39 is 0 Å². The van der Waals surface area contributed by atoms with Gasteiger partial charge in [-0.1, -0.05) is 33.1 Å². The number of rotatable bonds is 6. The Kier molecular flexibility index (Phi) is 4.17. The van der Waals surface area contributed by atoms with Crippen molar-refractivity contribution in [1.82, 2.24) is 4.90 Å². The molecule has 2 heterocycles. The highest BCUT2D eigenvalue weighted by Gasteiger charge is 2.36. The van der Waals surface area contributed by atoms with E-state index in [-0.39, 0.29) is 11.8 Å². The average molecular weight is 265 g/mol. The molecule has 1 aliphatic heterocycles. The lowest BCUT2D eigenvalue weighted by Crippen LogP contribution is -2.34. The van der Waals surface area contributed by atoms with Gasteiger partial charge in [-0.2, -0.15) is 11.3 Å². The Morgan fingerprint density at radius 1 is 1.17 bits per heavy atom. The number of unbranched alkanes of at least 4 members (excludes halogenated alkanes) is 1. The van der Waals surface area contributed by atoms with Gasteiger partial charge in [0.25, 0.3) is 11.8 Å². The van der Waals surface area contributed by atoms with Crippen LogP contribution in [0.4, 0.5) is 0 Å². The maximum atomic E-state index is 12.1. The minimum absolute atomic E-state index is 0.105. The molecule has 0 spiro atoms. The van der Waals surface area contributed by atoms with Crippen LogP contribution in [0, 0.1) is 5.92 Å². The predicted octanol–water partition coefficient (Wildman–Crippen LogP) is 3.56. The fourth-order valence-corrected chi connectivity index (χ4v) is 3.15. The zero-order chi connectivity index (χ0) is 13.1. The third kappa shape index (κ3) is 2.34. The van der Waals surface area contributed by atoms with Crippen molar-refractivity contribution in [3.8, 4) is 0 Å². The monoisotopic (exact) mass is 265 g/mol. The summed E-state index contributed by atoms with van der Waals surface area (Å²) < 4.78 is 0. The number of carbonyl (C=O) groups excluding carboxylic acids is 2. The molecule has 0 bridgehead atoms. The van der Waals surface area contributed by atoms with E-state index in [4.69, 9.17) is 0 Å². The molecule has 0 N–H and O–H groups in total. The van der Waals surface area contributed by atoms with Gasteiger partial charge in [-0.15, -0.1) is 0 Å². The molecule has 4 heteroatoms. The van der Waals surface area contributed by atoms with Gasteiger partial charge in [0.15, 0.2) is 0 Å². The summed E-state index contributed by atoms with van der Waals surface area (Å²) in [5.41, 5.74) is 1.19. The zero-order valence-corrected chi connectivity index (χ0v) is 11.8. The zero-order valence-electron chi connectivity index (χ0n) is 10.9. The molecule has 3 nitrogen and oxygen atoms in total. The van der Waals surface area contributed by atoms with E-state index >= 15 is 0 Å². The summed E-state index contributed by atoms with van der Waals surface area (Å²) in [6.07, 6.45) is 4.43. The maximum absolute atomic E-state index is 12.1. The molecule has 1 unspecified atom stereocenters. The molecule has 2 amide bonds. The SMILES string of the molecule is CCCCC(CC)CN1C(=O)c2cscc2C1=O. The smallest absolute Gasteiger partial charge is 0.262 e. The van der Waals surface area contributed by atoms with E-state index in [1.807, 2.05) is 0 Å². The van der Waals surface area contributed by atoms with Crippen LogP contribution in [0.5, 0.6) is 0 Å². The highest BCUT2D eigenvalue weighted by molar-refractivity contribution is 7.08. The van der Waals surface area contributed by atoms with Crippen LogP contribution in [0.15, 0.2) is 10.8 Å². The Balaban J connectivity index is 2.05. The van der Waals surface area contributed by atoms with Gasteiger partial charge in [0.05, 0.1) is 11.1 Å². The van der Waals surface area contributed by atoms with Crippen molar-refractivity contribution in [2.45, 2.75) is 39.5 Å². The molecule has 0 aromatic carbocycles. The normalized spacial score (nSPS) is 16.2. The second-order valence-electron chi connectivity index (χ2n) is 4.84. The lowest BCUT2D eigenvalue weighted by atomic mass is 9.99. The molecule has 2 rings (SSSR count). The van der Waals surface area contributed by atoms with Gasteiger partial charge in [0.2, 0.25) is 0 Å². The molecule has 18 heavy (non-hydrogen) atoms. The molecule has 1 atom stereocenters. The van der Waals surface area contributed by atoms with Gasteiger partial charge >= 0.3 is 0 Å². The van der Waals surface area contributed by atoms with Gasteiger partial charge in [-0.3, -0.25) is 14.5 Å². The number of imide groups is 1. The number of fused-ring (bicyclic) bond motifs is 1. The number of nitrogens with zero attached hydrogens (tertiary/aromatic N) is 1. The van der Waals surface area contributed by atoms with Crippen molar-refractivity contribution in [2.24, 2.45) is 5.92 Å². The average Bonchev–Trinajstić information content (AvgIpc) is 2.93. The number of thiophene rings is 1. The summed E-state index contributed by atoms with van der Waals surface area (Å²) in [6, 6.07) is 0. The quantitative estimate of drug-likeness (QED) is 0.737. The van der Waals surface area contributed by atoms with Crippen molar-refractivity contribution in [3.63, 3.8) is 0 Å². The third-order valence-corrected chi connectivity index (χ3v) is 4.34. The second-order valence-corrected chi connectivity index (χ2v) is 5.58. The summed E-state index contributed by atoms with van der Waals surface area (Å²) in [7, 11) is 0. The first-order valence-electron chi connectivity index (χ1n) is 6.61. The van der Waals surface area contributed by atoms with Crippen LogP contribution < -0.4 is 0 Å². The molecular formula is C14H19NO2S. The van der Waals surface area contributed by atoms with Crippen molar-refractivity contribution < 1.29 is 9.59 Å². The van der Waals surface area contributed by atoms with Crippen molar-refractivity contribution in [3.05, 3.63) is 21.9 Å². The number of hydrogen-bond acceptors (Lipinski definition) is 3. The lowest BCUT2D eigenvalue weighted by molar-refractivity contribution is 0.0624. The standard InChI is InChI=1S/C14H19NO2S/c1-3-5-6-10(4-2)7-15-13(16)11-8-18-9-12(11)14(15)17/h8-10H,3-7H2,1-2H3. The minimum Gasteiger partial charge on any atom is -0.274 e. The molecule has 0 fully saturated rings.